The van der Waals surface area contributed by atoms with Crippen LogP contribution in [-0.4, -0.2) is 15.8 Å². The normalized spacial score (nSPS) is 10.4. The average molecular weight is 297 g/mol. The van der Waals surface area contributed by atoms with E-state index in [4.69, 9.17) is 0 Å². The third-order valence-corrected chi connectivity index (χ3v) is 3.64. The van der Waals surface area contributed by atoms with Gasteiger partial charge in [0.2, 0.25) is 0 Å². The van der Waals surface area contributed by atoms with E-state index in [1.54, 1.807) is 11.3 Å². The van der Waals surface area contributed by atoms with Crippen molar-refractivity contribution in [3.63, 3.8) is 0 Å². The molecule has 2 rings (SSSR count). The largest absolute Gasteiger partial charge is 0.291 e. The lowest BCUT2D eigenvalue weighted by molar-refractivity contribution is 0.100. The van der Waals surface area contributed by atoms with Crippen LogP contribution in [0.5, 0.6) is 0 Å². The molecule has 0 aliphatic carbocycles. The van der Waals surface area contributed by atoms with Gasteiger partial charge in [0.25, 0.3) is 0 Å². The van der Waals surface area contributed by atoms with E-state index in [0.717, 1.165) is 20.1 Å². The molecule has 0 bridgehead atoms. The molecule has 0 aromatic carbocycles. The Morgan fingerprint density at radius 3 is 2.69 bits per heavy atom. The second-order valence-electron chi connectivity index (χ2n) is 3.38. The number of hydrogen-bond acceptors (Lipinski definition) is 4. The van der Waals surface area contributed by atoms with Crippen LogP contribution in [0.4, 0.5) is 0 Å². The van der Waals surface area contributed by atoms with Gasteiger partial charge in [-0.25, -0.2) is 9.97 Å². The van der Waals surface area contributed by atoms with Crippen molar-refractivity contribution in [3.8, 4) is 10.6 Å². The number of ketones is 1. The fourth-order valence-corrected chi connectivity index (χ4v) is 2.65. The number of carbonyl (C=O) groups excluding carboxylic acids is 1. The lowest BCUT2D eigenvalue weighted by Crippen LogP contribution is -2.03. The smallest absolute Gasteiger partial charge is 0.196 e. The van der Waals surface area contributed by atoms with E-state index < -0.39 is 0 Å². The van der Waals surface area contributed by atoms with E-state index in [-0.39, 0.29) is 11.6 Å². The summed E-state index contributed by atoms with van der Waals surface area (Å²) in [7, 11) is 0. The maximum absolute atomic E-state index is 11.3. The molecule has 0 aliphatic rings. The van der Waals surface area contributed by atoms with Gasteiger partial charge in [-0.05, 0) is 41.1 Å². The van der Waals surface area contributed by atoms with Gasteiger partial charge < -0.3 is 0 Å². The first kappa shape index (κ1) is 11.4. The molecule has 2 aromatic heterocycles. The van der Waals surface area contributed by atoms with Crippen LogP contribution in [0.15, 0.2) is 22.0 Å². The number of nitrogens with zero attached hydrogens (tertiary/aromatic N) is 2. The lowest BCUT2D eigenvalue weighted by Gasteiger charge is -2.01. The highest BCUT2D eigenvalue weighted by molar-refractivity contribution is 9.11. The molecule has 3 nitrogen and oxygen atoms in total. The molecule has 0 saturated heterocycles. The molecule has 16 heavy (non-hydrogen) atoms. The van der Waals surface area contributed by atoms with Gasteiger partial charge in [0, 0.05) is 12.6 Å². The molecule has 0 atom stereocenters. The molecule has 2 aromatic rings. The van der Waals surface area contributed by atoms with Gasteiger partial charge in [-0.1, -0.05) is 0 Å². The van der Waals surface area contributed by atoms with E-state index in [0.29, 0.717) is 0 Å². The number of hydrogen-bond donors (Lipinski definition) is 0. The summed E-state index contributed by atoms with van der Waals surface area (Å²) in [6, 6.07) is 5.82. The van der Waals surface area contributed by atoms with Crippen LogP contribution in [-0.2, 0) is 0 Å². The number of aryl methyl sites for hydroxylation is 1. The topological polar surface area (TPSA) is 42.9 Å². The molecule has 0 saturated carbocycles. The summed E-state index contributed by atoms with van der Waals surface area (Å²) in [6.07, 6.45) is 0. The van der Waals surface area contributed by atoms with Crippen LogP contribution < -0.4 is 0 Å². The summed E-state index contributed by atoms with van der Waals surface area (Å²) in [4.78, 5) is 20.6. The maximum Gasteiger partial charge on any atom is 0.196 e. The Balaban J connectivity index is 2.53. The zero-order chi connectivity index (χ0) is 11.7. The van der Waals surface area contributed by atoms with Crippen LogP contribution in [0, 0.1) is 6.92 Å². The maximum atomic E-state index is 11.3. The summed E-state index contributed by atoms with van der Waals surface area (Å²) in [5, 5.41) is 0. The van der Waals surface area contributed by atoms with Crippen LogP contribution >= 0.6 is 27.3 Å². The van der Waals surface area contributed by atoms with Crippen molar-refractivity contribution in [2.45, 2.75) is 13.8 Å². The number of aromatic nitrogens is 2. The van der Waals surface area contributed by atoms with Crippen molar-refractivity contribution in [1.29, 1.82) is 0 Å². The van der Waals surface area contributed by atoms with E-state index >= 15 is 0 Å². The van der Waals surface area contributed by atoms with Gasteiger partial charge in [-0.3, -0.25) is 4.79 Å². The van der Waals surface area contributed by atoms with Crippen molar-refractivity contribution < 1.29 is 4.79 Å². The molecular weight excluding hydrogens is 288 g/mol. The quantitative estimate of drug-likeness (QED) is 0.797. The molecule has 82 valence electrons. The monoisotopic (exact) mass is 296 g/mol. The summed E-state index contributed by atoms with van der Waals surface area (Å²) in [5.41, 5.74) is 1.60. The number of carbonyl (C=O) groups is 1. The molecule has 2 heterocycles. The summed E-state index contributed by atoms with van der Waals surface area (Å²) < 4.78 is 1.04. The van der Waals surface area contributed by atoms with Gasteiger partial charge >= 0.3 is 0 Å². The number of Topliss-reactive ketones (excluding diaryl/α,β-unsaturated/α-hetero) is 1. The van der Waals surface area contributed by atoms with Crippen LogP contribution in [0.2, 0.25) is 0 Å². The molecule has 0 spiro atoms. The van der Waals surface area contributed by atoms with Gasteiger partial charge in [-0.2, -0.15) is 0 Å². The van der Waals surface area contributed by atoms with Crippen molar-refractivity contribution in [2.24, 2.45) is 0 Å². The second kappa shape index (κ2) is 4.43. The molecule has 0 aliphatic heterocycles. The van der Waals surface area contributed by atoms with Crippen molar-refractivity contribution in [1.82, 2.24) is 9.97 Å². The second-order valence-corrected chi connectivity index (χ2v) is 5.84. The minimum atomic E-state index is -0.111. The van der Waals surface area contributed by atoms with Crippen molar-refractivity contribution in [3.05, 3.63) is 33.5 Å². The molecule has 0 fully saturated rings. The zero-order valence-corrected chi connectivity index (χ0v) is 11.2. The van der Waals surface area contributed by atoms with Crippen LogP contribution in [0.1, 0.15) is 23.2 Å². The summed E-state index contributed by atoms with van der Waals surface area (Å²) in [6.45, 7) is 3.34. The van der Waals surface area contributed by atoms with E-state index in [2.05, 4.69) is 25.9 Å². The Kier molecular flexibility index (Phi) is 3.16. The van der Waals surface area contributed by atoms with Crippen molar-refractivity contribution >= 4 is 33.0 Å². The summed E-state index contributed by atoms with van der Waals surface area (Å²) in [5.74, 6) is 0.167. The fraction of sp³-hybridized carbons (Fsp3) is 0.182. The van der Waals surface area contributed by atoms with Gasteiger partial charge in [0.1, 0.15) is 0 Å². The molecule has 0 radical (unpaired) electrons. The Morgan fingerprint density at radius 2 is 2.12 bits per heavy atom. The molecule has 0 N–H and O–H groups in total. The molecule has 0 unspecified atom stereocenters. The number of thiophene rings is 1. The molecule has 0 amide bonds. The highest BCUT2D eigenvalue weighted by Gasteiger charge is 2.09. The van der Waals surface area contributed by atoms with E-state index in [9.17, 15) is 4.79 Å². The van der Waals surface area contributed by atoms with Gasteiger partial charge in [0.15, 0.2) is 11.6 Å². The Bertz CT molecular complexity index is 551. The Hall–Kier alpha value is -1.07. The first-order valence-electron chi connectivity index (χ1n) is 4.68. The first-order chi connectivity index (χ1) is 7.56. The highest BCUT2D eigenvalue weighted by Crippen LogP contribution is 2.30. The first-order valence-corrected chi connectivity index (χ1v) is 6.29. The number of halogens is 1. The highest BCUT2D eigenvalue weighted by atomic mass is 79.9. The van der Waals surface area contributed by atoms with Gasteiger partial charge in [-0.15, -0.1) is 11.3 Å². The summed E-state index contributed by atoms with van der Waals surface area (Å²) >= 11 is 4.99. The third kappa shape index (κ3) is 2.36. The predicted octanol–water partition coefficient (Wildman–Crippen LogP) is 3.48. The average Bonchev–Trinajstić information content (AvgIpc) is 2.64. The minimum absolute atomic E-state index is 0.111. The van der Waals surface area contributed by atoms with Gasteiger partial charge in [0.05, 0.1) is 14.4 Å². The SMILES string of the molecule is CC(=O)c1nc(C)cc(-c2ccc(Br)s2)n1. The van der Waals surface area contributed by atoms with Crippen LogP contribution in [0.3, 0.4) is 0 Å². The minimum Gasteiger partial charge on any atom is -0.291 e. The van der Waals surface area contributed by atoms with E-state index in [1.807, 2.05) is 25.1 Å². The zero-order valence-electron chi connectivity index (χ0n) is 8.82. The Morgan fingerprint density at radius 1 is 1.38 bits per heavy atom. The molecule has 5 heteroatoms. The standard InChI is InChI=1S/C11H9BrN2OS/c1-6-5-8(9-3-4-10(12)16-9)14-11(13-6)7(2)15/h3-5H,1-2H3. The van der Waals surface area contributed by atoms with Crippen LogP contribution in [0.25, 0.3) is 10.6 Å². The third-order valence-electron chi connectivity index (χ3n) is 1.99. The molecular formula is C11H9BrN2OS. The van der Waals surface area contributed by atoms with E-state index in [1.165, 1.54) is 6.92 Å². The number of rotatable bonds is 2. The van der Waals surface area contributed by atoms with Crippen molar-refractivity contribution in [2.75, 3.05) is 0 Å². The Labute approximate surface area is 106 Å². The fourth-order valence-electron chi connectivity index (χ4n) is 1.30. The predicted molar refractivity (Wildman–Crippen MR) is 67.8 cm³/mol. The lowest BCUT2D eigenvalue weighted by atomic mass is 10.2.